The third-order valence-electron chi connectivity index (χ3n) is 4.69. The van der Waals surface area contributed by atoms with Crippen molar-refractivity contribution < 1.29 is 23.7 Å². The SMILES string of the molecule is COc1cc(OC)c2c(=O)[nH]c(-c3cc(C)c(OCCOC(=O)CN)c(C)c3)nc2c1. The summed E-state index contributed by atoms with van der Waals surface area (Å²) in [6.45, 7) is 3.94. The first-order valence-corrected chi connectivity index (χ1v) is 9.64. The Morgan fingerprint density at radius 2 is 1.77 bits per heavy atom. The summed E-state index contributed by atoms with van der Waals surface area (Å²) < 4.78 is 21.3. The van der Waals surface area contributed by atoms with E-state index in [1.807, 2.05) is 26.0 Å². The average molecular weight is 427 g/mol. The topological polar surface area (TPSA) is 126 Å². The Morgan fingerprint density at radius 1 is 1.06 bits per heavy atom. The largest absolute Gasteiger partial charge is 0.497 e. The number of nitrogens with one attached hydrogen (secondary N) is 1. The van der Waals surface area contributed by atoms with Crippen LogP contribution in [-0.2, 0) is 9.53 Å². The van der Waals surface area contributed by atoms with Gasteiger partial charge in [0.2, 0.25) is 0 Å². The van der Waals surface area contributed by atoms with Crippen LogP contribution in [0.3, 0.4) is 0 Å². The minimum Gasteiger partial charge on any atom is -0.497 e. The number of carbonyl (C=O) groups excluding carboxylic acids is 1. The lowest BCUT2D eigenvalue weighted by atomic mass is 10.0. The normalized spacial score (nSPS) is 10.7. The number of esters is 1. The predicted octanol–water partition coefficient (Wildman–Crippen LogP) is 2.10. The van der Waals surface area contributed by atoms with E-state index in [1.165, 1.54) is 14.2 Å². The molecule has 3 aromatic rings. The second-order valence-corrected chi connectivity index (χ2v) is 6.85. The van der Waals surface area contributed by atoms with E-state index in [0.717, 1.165) is 16.7 Å². The number of ether oxygens (including phenoxy) is 4. The molecule has 31 heavy (non-hydrogen) atoms. The molecule has 9 nitrogen and oxygen atoms in total. The molecular weight excluding hydrogens is 402 g/mol. The standard InChI is InChI=1S/C22H25N3O6/c1-12-7-14(8-13(2)20(12)31-6-5-30-18(26)11-23)21-24-16-9-15(28-3)10-17(29-4)19(16)22(27)25-21/h7-10H,5-6,11,23H2,1-4H3,(H,24,25,27). The van der Waals surface area contributed by atoms with Gasteiger partial charge in [0, 0.05) is 17.7 Å². The summed E-state index contributed by atoms with van der Waals surface area (Å²) >= 11 is 0. The van der Waals surface area contributed by atoms with Crippen LogP contribution in [0.4, 0.5) is 0 Å². The molecule has 0 fully saturated rings. The molecule has 0 saturated carbocycles. The molecule has 9 heteroatoms. The second kappa shape index (κ2) is 9.48. The molecule has 0 aliphatic heterocycles. The molecule has 0 unspecified atom stereocenters. The molecule has 0 aliphatic carbocycles. The zero-order valence-corrected chi connectivity index (χ0v) is 17.9. The molecule has 164 valence electrons. The maximum Gasteiger partial charge on any atom is 0.319 e. The highest BCUT2D eigenvalue weighted by Crippen LogP contribution is 2.31. The maximum absolute atomic E-state index is 12.8. The molecule has 1 heterocycles. The van der Waals surface area contributed by atoms with Crippen LogP contribution in [0.15, 0.2) is 29.1 Å². The van der Waals surface area contributed by atoms with E-state index < -0.39 is 5.97 Å². The summed E-state index contributed by atoms with van der Waals surface area (Å²) in [6.07, 6.45) is 0. The monoisotopic (exact) mass is 427 g/mol. The fourth-order valence-electron chi connectivity index (χ4n) is 3.30. The van der Waals surface area contributed by atoms with Crippen LogP contribution in [-0.4, -0.2) is 49.9 Å². The van der Waals surface area contributed by atoms with Crippen molar-refractivity contribution in [1.29, 1.82) is 0 Å². The van der Waals surface area contributed by atoms with Crippen LogP contribution >= 0.6 is 0 Å². The van der Waals surface area contributed by atoms with Crippen molar-refractivity contribution in [2.24, 2.45) is 5.73 Å². The van der Waals surface area contributed by atoms with Gasteiger partial charge in [0.15, 0.2) is 0 Å². The quantitative estimate of drug-likeness (QED) is 0.413. The van der Waals surface area contributed by atoms with Gasteiger partial charge in [0.1, 0.15) is 41.7 Å². The lowest BCUT2D eigenvalue weighted by Gasteiger charge is -2.14. The lowest BCUT2D eigenvalue weighted by Crippen LogP contribution is -2.19. The van der Waals surface area contributed by atoms with Gasteiger partial charge in [-0.05, 0) is 37.1 Å². The van der Waals surface area contributed by atoms with E-state index in [-0.39, 0.29) is 25.3 Å². The van der Waals surface area contributed by atoms with Gasteiger partial charge in [-0.2, -0.15) is 0 Å². The van der Waals surface area contributed by atoms with Crippen LogP contribution in [0.1, 0.15) is 11.1 Å². The minimum absolute atomic E-state index is 0.111. The van der Waals surface area contributed by atoms with Gasteiger partial charge in [-0.1, -0.05) is 0 Å². The Bertz CT molecular complexity index is 1150. The van der Waals surface area contributed by atoms with Gasteiger partial charge in [-0.25, -0.2) is 4.98 Å². The number of aromatic amines is 1. The lowest BCUT2D eigenvalue weighted by molar-refractivity contribution is -0.142. The summed E-state index contributed by atoms with van der Waals surface area (Å²) in [7, 11) is 3.03. The number of fused-ring (bicyclic) bond motifs is 1. The van der Waals surface area contributed by atoms with Gasteiger partial charge >= 0.3 is 5.97 Å². The van der Waals surface area contributed by atoms with Crippen molar-refractivity contribution in [1.82, 2.24) is 9.97 Å². The minimum atomic E-state index is -0.480. The molecule has 0 amide bonds. The number of aryl methyl sites for hydroxylation is 2. The van der Waals surface area contributed by atoms with Crippen molar-refractivity contribution >= 4 is 16.9 Å². The number of carbonyl (C=O) groups is 1. The summed E-state index contributed by atoms with van der Waals surface area (Å²) in [5, 5.41) is 0.354. The molecule has 0 bridgehead atoms. The number of hydrogen-bond acceptors (Lipinski definition) is 8. The second-order valence-electron chi connectivity index (χ2n) is 6.85. The van der Waals surface area contributed by atoms with E-state index in [9.17, 15) is 9.59 Å². The maximum atomic E-state index is 12.8. The van der Waals surface area contributed by atoms with Gasteiger partial charge in [-0.15, -0.1) is 0 Å². The van der Waals surface area contributed by atoms with Gasteiger partial charge < -0.3 is 29.7 Å². The third kappa shape index (κ3) is 4.77. The number of H-pyrrole nitrogens is 1. The number of aromatic nitrogens is 2. The zero-order chi connectivity index (χ0) is 22.5. The molecule has 0 aliphatic rings. The molecular formula is C22H25N3O6. The summed E-state index contributed by atoms with van der Waals surface area (Å²) in [5.74, 6) is 1.55. The van der Waals surface area contributed by atoms with Crippen LogP contribution in [0, 0.1) is 13.8 Å². The third-order valence-corrected chi connectivity index (χ3v) is 4.69. The van der Waals surface area contributed by atoms with E-state index in [1.54, 1.807) is 12.1 Å². The number of methoxy groups -OCH3 is 2. The highest BCUT2D eigenvalue weighted by molar-refractivity contribution is 5.87. The number of hydrogen-bond donors (Lipinski definition) is 2. The Balaban J connectivity index is 1.94. The van der Waals surface area contributed by atoms with Gasteiger partial charge in [0.05, 0.1) is 26.3 Å². The van der Waals surface area contributed by atoms with E-state index in [4.69, 9.17) is 24.7 Å². The number of rotatable bonds is 8. The number of benzene rings is 2. The summed E-state index contributed by atoms with van der Waals surface area (Å²) in [5.41, 5.74) is 7.80. The first kappa shape index (κ1) is 22.1. The van der Waals surface area contributed by atoms with Gasteiger partial charge in [0.25, 0.3) is 5.56 Å². The van der Waals surface area contributed by atoms with Crippen molar-refractivity contribution in [2.75, 3.05) is 34.0 Å². The summed E-state index contributed by atoms with van der Waals surface area (Å²) in [4.78, 5) is 31.3. The first-order chi connectivity index (χ1) is 14.9. The van der Waals surface area contributed by atoms with E-state index in [0.29, 0.717) is 34.0 Å². The van der Waals surface area contributed by atoms with Crippen molar-refractivity contribution in [3.8, 4) is 28.6 Å². The first-order valence-electron chi connectivity index (χ1n) is 9.64. The Hall–Kier alpha value is -3.59. The van der Waals surface area contributed by atoms with Crippen LogP contribution in [0.2, 0.25) is 0 Å². The zero-order valence-electron chi connectivity index (χ0n) is 17.9. The van der Waals surface area contributed by atoms with E-state index >= 15 is 0 Å². The van der Waals surface area contributed by atoms with Crippen LogP contribution < -0.4 is 25.5 Å². The molecule has 0 spiro atoms. The van der Waals surface area contributed by atoms with Crippen LogP contribution in [0.25, 0.3) is 22.3 Å². The molecule has 3 rings (SSSR count). The fourth-order valence-corrected chi connectivity index (χ4v) is 3.30. The molecule has 0 saturated heterocycles. The molecule has 1 aromatic heterocycles. The highest BCUT2D eigenvalue weighted by atomic mass is 16.6. The van der Waals surface area contributed by atoms with E-state index in [2.05, 4.69) is 9.97 Å². The van der Waals surface area contributed by atoms with Crippen LogP contribution in [0.5, 0.6) is 17.2 Å². The van der Waals surface area contributed by atoms with Crippen molar-refractivity contribution in [3.63, 3.8) is 0 Å². The fraction of sp³-hybridized carbons (Fsp3) is 0.318. The van der Waals surface area contributed by atoms with Crippen molar-refractivity contribution in [3.05, 3.63) is 45.7 Å². The highest BCUT2D eigenvalue weighted by Gasteiger charge is 2.15. The number of nitrogens with two attached hydrogens (primary N) is 1. The predicted molar refractivity (Wildman–Crippen MR) is 116 cm³/mol. The van der Waals surface area contributed by atoms with Crippen molar-refractivity contribution in [2.45, 2.75) is 13.8 Å². The molecule has 2 aromatic carbocycles. The smallest absolute Gasteiger partial charge is 0.319 e. The molecule has 0 radical (unpaired) electrons. The Kier molecular flexibility index (Phi) is 6.76. The average Bonchev–Trinajstić information content (AvgIpc) is 2.76. The summed E-state index contributed by atoms with van der Waals surface area (Å²) in [6, 6.07) is 7.08. The number of nitrogens with zero attached hydrogens (tertiary/aromatic N) is 1. The molecule has 3 N–H and O–H groups in total. The Morgan fingerprint density at radius 3 is 2.39 bits per heavy atom. The molecule has 0 atom stereocenters. The Labute approximate surface area is 179 Å². The van der Waals surface area contributed by atoms with Gasteiger partial charge in [-0.3, -0.25) is 9.59 Å².